The van der Waals surface area contributed by atoms with E-state index in [0.717, 1.165) is 23.5 Å². The highest BCUT2D eigenvalue weighted by atomic mass is 32.1. The van der Waals surface area contributed by atoms with Crippen LogP contribution in [0.2, 0.25) is 0 Å². The van der Waals surface area contributed by atoms with E-state index in [-0.39, 0.29) is 30.0 Å². The third kappa shape index (κ3) is 9.54. The van der Waals surface area contributed by atoms with Crippen molar-refractivity contribution >= 4 is 35.0 Å². The number of aromatic nitrogens is 1. The molecule has 3 rings (SSSR count). The number of benzene rings is 1. The second kappa shape index (κ2) is 16.2. The summed E-state index contributed by atoms with van der Waals surface area (Å²) in [5.74, 6) is 0.0889. The Morgan fingerprint density at radius 2 is 1.79 bits per heavy atom. The van der Waals surface area contributed by atoms with Gasteiger partial charge in [0.2, 0.25) is 17.7 Å². The number of hydrogen-bond acceptors (Lipinski definition) is 7. The van der Waals surface area contributed by atoms with Gasteiger partial charge in [0.25, 0.3) is 5.91 Å². The minimum Gasteiger partial charge on any atom is -0.493 e. The molecule has 2 aromatic rings. The van der Waals surface area contributed by atoms with Gasteiger partial charge in [-0.25, -0.2) is 4.98 Å². The maximum absolute atomic E-state index is 13.7. The maximum Gasteiger partial charge on any atom is 0.258 e. The second-order valence-electron chi connectivity index (χ2n) is 10.9. The van der Waals surface area contributed by atoms with Crippen LogP contribution in [0.1, 0.15) is 66.5 Å². The van der Waals surface area contributed by atoms with E-state index in [4.69, 9.17) is 4.74 Å². The molecule has 0 saturated carbocycles. The molecule has 2 heterocycles. The number of likely N-dealkylation sites (N-methyl/N-ethyl adjacent to an activating group) is 3. The Hall–Kier alpha value is -3.47. The molecule has 0 radical (unpaired) electrons. The van der Waals surface area contributed by atoms with Gasteiger partial charge in [-0.1, -0.05) is 12.1 Å². The number of amides is 4. The number of aryl methyl sites for hydroxylation is 1. The van der Waals surface area contributed by atoms with Crippen LogP contribution in [-0.4, -0.2) is 108 Å². The molecule has 1 aliphatic rings. The maximum atomic E-state index is 13.7. The Kier molecular flexibility index (Phi) is 12.8. The zero-order chi connectivity index (χ0) is 30.6. The lowest BCUT2D eigenvalue weighted by molar-refractivity contribution is -0.135. The first-order valence-electron chi connectivity index (χ1n) is 14.7. The number of thiazole rings is 1. The van der Waals surface area contributed by atoms with E-state index in [9.17, 15) is 19.2 Å². The highest BCUT2D eigenvalue weighted by molar-refractivity contribution is 7.09. The summed E-state index contributed by atoms with van der Waals surface area (Å²) >= 11 is 1.53. The van der Waals surface area contributed by atoms with Gasteiger partial charge >= 0.3 is 0 Å². The van der Waals surface area contributed by atoms with Crippen molar-refractivity contribution in [2.75, 3.05) is 53.9 Å². The molecule has 11 heteroatoms. The quantitative estimate of drug-likeness (QED) is 0.451. The molecule has 0 bridgehead atoms. The zero-order valence-corrected chi connectivity index (χ0v) is 26.5. The van der Waals surface area contributed by atoms with E-state index in [0.29, 0.717) is 69.8 Å². The molecule has 0 fully saturated rings. The topological polar surface area (TPSA) is 103 Å². The fraction of sp³-hybridized carbons (Fsp3) is 0.581. The second-order valence-corrected chi connectivity index (χ2v) is 12.0. The summed E-state index contributed by atoms with van der Waals surface area (Å²) in [6, 6.07) is 6.42. The Morgan fingerprint density at radius 1 is 1.07 bits per heavy atom. The first-order valence-corrected chi connectivity index (χ1v) is 15.6. The summed E-state index contributed by atoms with van der Waals surface area (Å²) in [5, 5.41) is 2.85. The Labute approximate surface area is 253 Å². The number of para-hydroxylation sites is 1. The van der Waals surface area contributed by atoms with Crippen molar-refractivity contribution in [3.8, 4) is 5.75 Å². The predicted molar refractivity (Wildman–Crippen MR) is 164 cm³/mol. The van der Waals surface area contributed by atoms with Crippen LogP contribution in [0.25, 0.3) is 0 Å². The fourth-order valence-electron chi connectivity index (χ4n) is 5.05. The molecule has 0 saturated heterocycles. The van der Waals surface area contributed by atoms with Gasteiger partial charge in [-0.05, 0) is 57.6 Å². The van der Waals surface area contributed by atoms with Crippen LogP contribution in [0.3, 0.4) is 0 Å². The van der Waals surface area contributed by atoms with Crippen molar-refractivity contribution < 1.29 is 23.9 Å². The monoisotopic (exact) mass is 599 g/mol. The molecule has 1 atom stereocenters. The minimum absolute atomic E-state index is 0.00746. The predicted octanol–water partition coefficient (Wildman–Crippen LogP) is 3.63. The number of carbonyl (C=O) groups excluding carboxylic acids is 4. The van der Waals surface area contributed by atoms with Crippen LogP contribution in [-0.2, 0) is 20.8 Å². The Morgan fingerprint density at radius 3 is 2.50 bits per heavy atom. The molecule has 0 N–H and O–H groups in total. The Bertz CT molecular complexity index is 1220. The van der Waals surface area contributed by atoms with Crippen LogP contribution in [0.5, 0.6) is 5.75 Å². The van der Waals surface area contributed by atoms with Crippen LogP contribution >= 0.6 is 11.3 Å². The molecule has 230 valence electrons. The smallest absolute Gasteiger partial charge is 0.258 e. The van der Waals surface area contributed by atoms with Gasteiger partial charge in [0.05, 0.1) is 29.3 Å². The molecule has 42 heavy (non-hydrogen) atoms. The van der Waals surface area contributed by atoms with Gasteiger partial charge in [0, 0.05) is 59.6 Å². The lowest BCUT2D eigenvalue weighted by Crippen LogP contribution is -2.48. The third-order valence-electron chi connectivity index (χ3n) is 7.66. The molecule has 1 aromatic carbocycles. The first kappa shape index (κ1) is 33.0. The minimum atomic E-state index is -0.656. The van der Waals surface area contributed by atoms with E-state index in [1.165, 1.54) is 16.2 Å². The van der Waals surface area contributed by atoms with Crippen molar-refractivity contribution in [1.82, 2.24) is 24.6 Å². The highest BCUT2D eigenvalue weighted by Gasteiger charge is 2.31. The van der Waals surface area contributed by atoms with E-state index < -0.39 is 6.04 Å². The number of nitrogens with zero attached hydrogens (tertiary/aromatic N) is 5. The van der Waals surface area contributed by atoms with E-state index in [2.05, 4.69) is 4.98 Å². The van der Waals surface area contributed by atoms with Gasteiger partial charge in [-0.3, -0.25) is 19.2 Å². The van der Waals surface area contributed by atoms with Gasteiger partial charge in [-0.15, -0.1) is 11.3 Å². The summed E-state index contributed by atoms with van der Waals surface area (Å²) < 4.78 is 5.99. The molecule has 0 unspecified atom stereocenters. The van der Waals surface area contributed by atoms with Gasteiger partial charge < -0.3 is 24.3 Å². The van der Waals surface area contributed by atoms with Gasteiger partial charge in [0.15, 0.2) is 0 Å². The van der Waals surface area contributed by atoms with E-state index in [1.807, 2.05) is 23.3 Å². The SMILES string of the molecule is CC(=O)N1CCCCN(C)C(=O)[C@H](CCCCN(C)C(=O)Cc2csc(C)n2)N(C)C(=O)c2ccccc2OCCC1. The number of rotatable bonds is 7. The number of ether oxygens (including phenoxy) is 1. The number of unbranched alkanes of at least 4 members (excludes halogenated alkanes) is 1. The largest absolute Gasteiger partial charge is 0.493 e. The van der Waals surface area contributed by atoms with Crippen LogP contribution in [0, 0.1) is 6.92 Å². The molecule has 1 aromatic heterocycles. The molecule has 0 aliphatic carbocycles. The lowest BCUT2D eigenvalue weighted by Gasteiger charge is -2.32. The normalized spacial score (nSPS) is 17.5. The number of fused-ring (bicyclic) bond motifs is 1. The average molecular weight is 600 g/mol. The lowest BCUT2D eigenvalue weighted by atomic mass is 10.0. The van der Waals surface area contributed by atoms with Crippen molar-refractivity contribution in [2.24, 2.45) is 0 Å². The summed E-state index contributed by atoms with van der Waals surface area (Å²) in [6.45, 7) is 6.16. The van der Waals surface area contributed by atoms with Gasteiger partial charge in [0.1, 0.15) is 11.8 Å². The van der Waals surface area contributed by atoms with Crippen LogP contribution in [0.4, 0.5) is 0 Å². The number of hydrogen-bond donors (Lipinski definition) is 0. The van der Waals surface area contributed by atoms with Crippen molar-refractivity contribution in [3.05, 3.63) is 45.9 Å². The molecule has 0 spiro atoms. The fourth-order valence-corrected chi connectivity index (χ4v) is 5.67. The standard InChI is InChI=1S/C31H45N5O5S/c1-23-32-25(22-42-23)21-29(38)33(3)16-9-8-14-27-31(40)34(4)17-10-11-18-36(24(2)37)19-12-20-41-28-15-7-6-13-26(28)30(39)35(27)5/h6-7,13,15,22,27H,8-12,14,16-21H2,1-5H3/t27-/m0/s1. The summed E-state index contributed by atoms with van der Waals surface area (Å²) in [7, 11) is 5.23. The summed E-state index contributed by atoms with van der Waals surface area (Å²) in [5.41, 5.74) is 1.19. The molecular formula is C31H45N5O5S. The molecule has 4 amide bonds. The number of carbonyl (C=O) groups is 4. The first-order chi connectivity index (χ1) is 20.1. The zero-order valence-electron chi connectivity index (χ0n) is 25.6. The van der Waals surface area contributed by atoms with Crippen LogP contribution < -0.4 is 4.74 Å². The summed E-state index contributed by atoms with van der Waals surface area (Å²) in [6.07, 6.45) is 4.30. The third-order valence-corrected chi connectivity index (χ3v) is 8.48. The molecule has 1 aliphatic heterocycles. The van der Waals surface area contributed by atoms with Crippen molar-refractivity contribution in [2.45, 2.75) is 64.8 Å². The van der Waals surface area contributed by atoms with E-state index >= 15 is 0 Å². The molecular weight excluding hydrogens is 554 g/mol. The highest BCUT2D eigenvalue weighted by Crippen LogP contribution is 2.23. The Balaban J connectivity index is 1.70. The molecule has 10 nitrogen and oxygen atoms in total. The van der Waals surface area contributed by atoms with Gasteiger partial charge in [-0.2, -0.15) is 0 Å². The average Bonchev–Trinajstić information content (AvgIpc) is 3.38. The van der Waals surface area contributed by atoms with Crippen LogP contribution in [0.15, 0.2) is 29.6 Å². The summed E-state index contributed by atoms with van der Waals surface area (Å²) in [4.78, 5) is 63.2. The van der Waals surface area contributed by atoms with E-state index in [1.54, 1.807) is 56.1 Å². The van der Waals surface area contributed by atoms with Crippen molar-refractivity contribution in [3.63, 3.8) is 0 Å². The van der Waals surface area contributed by atoms with Crippen molar-refractivity contribution in [1.29, 1.82) is 0 Å².